The lowest BCUT2D eigenvalue weighted by molar-refractivity contribution is -0.150. The van der Waals surface area contributed by atoms with Crippen molar-refractivity contribution in [2.24, 2.45) is 5.41 Å². The summed E-state index contributed by atoms with van der Waals surface area (Å²) in [6.45, 7) is 1.58. The lowest BCUT2D eigenvalue weighted by Crippen LogP contribution is -2.46. The molecule has 0 amide bonds. The van der Waals surface area contributed by atoms with Crippen LogP contribution in [0.4, 0.5) is 0 Å². The van der Waals surface area contributed by atoms with Crippen molar-refractivity contribution >= 4 is 52.1 Å². The van der Waals surface area contributed by atoms with E-state index in [-0.39, 0.29) is 12.8 Å². The highest BCUT2D eigenvalue weighted by atomic mass is 35.5. The van der Waals surface area contributed by atoms with E-state index in [2.05, 4.69) is 4.98 Å². The number of carboxylic acid groups (broad SMARTS) is 2. The molecule has 1 heterocycles. The Morgan fingerprint density at radius 3 is 2.34 bits per heavy atom. The first-order valence-electron chi connectivity index (χ1n) is 9.82. The van der Waals surface area contributed by atoms with Crippen LogP contribution >= 0.6 is 34.5 Å². The van der Waals surface area contributed by atoms with E-state index in [0.717, 1.165) is 5.56 Å². The Labute approximate surface area is 199 Å². The smallest absolute Gasteiger partial charge is 0.316 e. The molecule has 0 radical (unpaired) electrons. The van der Waals surface area contributed by atoms with Crippen LogP contribution in [0, 0.1) is 5.41 Å². The summed E-state index contributed by atoms with van der Waals surface area (Å²) in [5.74, 6) is -2.16. The van der Waals surface area contributed by atoms with Gasteiger partial charge in [0.25, 0.3) is 0 Å². The van der Waals surface area contributed by atoms with E-state index in [1.807, 2.05) is 30.3 Å². The van der Waals surface area contributed by atoms with Crippen molar-refractivity contribution in [3.05, 3.63) is 80.6 Å². The molecule has 0 saturated carbocycles. The van der Waals surface area contributed by atoms with Gasteiger partial charge in [0, 0.05) is 10.9 Å². The number of allylic oxidation sites excluding steroid dienone is 1. The topological polar surface area (TPSA) is 87.5 Å². The monoisotopic (exact) mass is 487 g/mol. The molecule has 1 aliphatic rings. The number of thiazole rings is 1. The average Bonchev–Trinajstić information content (AvgIpc) is 3.26. The summed E-state index contributed by atoms with van der Waals surface area (Å²) in [4.78, 5) is 29.6. The number of hydrogen-bond donors (Lipinski definition) is 2. The van der Waals surface area contributed by atoms with Gasteiger partial charge in [-0.3, -0.25) is 9.59 Å². The third kappa shape index (κ3) is 3.72. The number of carboxylic acids is 2. The average molecular weight is 488 g/mol. The van der Waals surface area contributed by atoms with Crippen LogP contribution in [0.2, 0.25) is 10.0 Å². The third-order valence-electron chi connectivity index (χ3n) is 6.00. The summed E-state index contributed by atoms with van der Waals surface area (Å²) in [6.07, 6.45) is 1.77. The molecule has 1 aliphatic carbocycles. The number of benzene rings is 2. The fraction of sp³-hybridized carbons (Fsp3) is 0.208. The molecular weight excluding hydrogens is 469 g/mol. The van der Waals surface area contributed by atoms with E-state index >= 15 is 0 Å². The second-order valence-electron chi connectivity index (χ2n) is 8.06. The third-order valence-corrected chi connectivity index (χ3v) is 7.78. The first kappa shape index (κ1) is 22.5. The Balaban J connectivity index is 1.81. The molecule has 0 bridgehead atoms. The predicted molar refractivity (Wildman–Crippen MR) is 126 cm³/mol. The zero-order valence-corrected chi connectivity index (χ0v) is 19.3. The van der Waals surface area contributed by atoms with Crippen LogP contribution in [0.3, 0.4) is 0 Å². The lowest BCUT2D eigenvalue weighted by Gasteiger charge is -2.40. The molecule has 0 saturated heterocycles. The Morgan fingerprint density at radius 1 is 1.00 bits per heavy atom. The summed E-state index contributed by atoms with van der Waals surface area (Å²) in [6, 6.07) is 14.3. The molecule has 4 rings (SSSR count). The second-order valence-corrected chi connectivity index (χ2v) is 9.73. The highest BCUT2D eigenvalue weighted by molar-refractivity contribution is 7.10. The highest BCUT2D eigenvalue weighted by Crippen LogP contribution is 2.52. The Bertz CT molecular complexity index is 1240. The Hall–Kier alpha value is -2.67. The summed E-state index contributed by atoms with van der Waals surface area (Å²) >= 11 is 13.3. The lowest BCUT2D eigenvalue weighted by atomic mass is 9.61. The standard InChI is InChI=1S/C24H19Cl2NO4S/c1-23(21(28)29)13-24(22(30)31,10-9-16(23)14-5-3-2-4-6-14)20-27-19(12-32-20)15-7-8-17(25)18(26)11-15/h2-9,11-12H,10,13H2,1H3,(H,28,29)(H,30,31). The number of halogens is 2. The van der Waals surface area contributed by atoms with E-state index < -0.39 is 22.8 Å². The second kappa shape index (κ2) is 8.35. The number of aromatic nitrogens is 1. The quantitative estimate of drug-likeness (QED) is 0.434. The van der Waals surface area contributed by atoms with Gasteiger partial charge in [0.2, 0.25) is 0 Å². The Kier molecular flexibility index (Phi) is 5.88. The van der Waals surface area contributed by atoms with Gasteiger partial charge in [-0.1, -0.05) is 65.7 Å². The van der Waals surface area contributed by atoms with Crippen molar-refractivity contribution in [3.63, 3.8) is 0 Å². The van der Waals surface area contributed by atoms with Gasteiger partial charge in [-0.2, -0.15) is 0 Å². The largest absolute Gasteiger partial charge is 0.481 e. The maximum absolute atomic E-state index is 12.6. The zero-order chi connectivity index (χ0) is 23.1. The maximum Gasteiger partial charge on any atom is 0.316 e. The Morgan fingerprint density at radius 2 is 1.72 bits per heavy atom. The molecule has 0 aliphatic heterocycles. The normalized spacial score (nSPS) is 22.9. The molecule has 32 heavy (non-hydrogen) atoms. The molecule has 8 heteroatoms. The molecule has 3 aromatic rings. The van der Waals surface area contributed by atoms with Crippen LogP contribution in [-0.2, 0) is 15.0 Å². The van der Waals surface area contributed by atoms with Crippen molar-refractivity contribution < 1.29 is 19.8 Å². The molecule has 5 nitrogen and oxygen atoms in total. The number of rotatable bonds is 5. The minimum absolute atomic E-state index is 0.111. The van der Waals surface area contributed by atoms with Crippen LogP contribution in [0.5, 0.6) is 0 Å². The summed E-state index contributed by atoms with van der Waals surface area (Å²) in [7, 11) is 0. The number of hydrogen-bond acceptors (Lipinski definition) is 4. The van der Waals surface area contributed by atoms with Gasteiger partial charge in [-0.25, -0.2) is 4.98 Å². The predicted octanol–water partition coefficient (Wildman–Crippen LogP) is 6.41. The van der Waals surface area contributed by atoms with Crippen molar-refractivity contribution in [1.82, 2.24) is 4.98 Å². The molecule has 0 spiro atoms. The van der Waals surface area contributed by atoms with Crippen molar-refractivity contribution in [2.45, 2.75) is 25.2 Å². The van der Waals surface area contributed by atoms with E-state index in [4.69, 9.17) is 23.2 Å². The fourth-order valence-corrected chi connectivity index (χ4v) is 5.55. The molecule has 0 fully saturated rings. The summed E-state index contributed by atoms with van der Waals surface area (Å²) in [5, 5.41) is 23.3. The van der Waals surface area contributed by atoms with Gasteiger partial charge in [-0.05, 0) is 43.0 Å². The van der Waals surface area contributed by atoms with E-state index in [1.165, 1.54) is 11.3 Å². The zero-order valence-electron chi connectivity index (χ0n) is 17.0. The SMILES string of the molecule is CC1(C(=O)O)CC(C(=O)O)(c2nc(-c3ccc(Cl)c(Cl)c3)cs2)CC=C1c1ccccc1. The van der Waals surface area contributed by atoms with Crippen LogP contribution in [0.15, 0.2) is 60.0 Å². The number of carbonyl (C=O) groups is 2. The summed E-state index contributed by atoms with van der Waals surface area (Å²) < 4.78 is 0. The van der Waals surface area contributed by atoms with Gasteiger partial charge in [0.05, 0.1) is 21.2 Å². The minimum Gasteiger partial charge on any atom is -0.481 e. The van der Waals surface area contributed by atoms with E-state index in [1.54, 1.807) is 36.6 Å². The van der Waals surface area contributed by atoms with Gasteiger partial charge in [0.1, 0.15) is 10.4 Å². The van der Waals surface area contributed by atoms with Gasteiger partial charge >= 0.3 is 11.9 Å². The molecule has 2 aromatic carbocycles. The molecular formula is C24H19Cl2NO4S. The van der Waals surface area contributed by atoms with Crippen LogP contribution in [0.1, 0.15) is 30.3 Å². The molecule has 2 unspecified atom stereocenters. The van der Waals surface area contributed by atoms with Crippen LogP contribution < -0.4 is 0 Å². The fourth-order valence-electron chi connectivity index (χ4n) is 4.22. The summed E-state index contributed by atoms with van der Waals surface area (Å²) in [5.41, 5.74) is -0.188. The molecule has 164 valence electrons. The number of nitrogens with zero attached hydrogens (tertiary/aromatic N) is 1. The van der Waals surface area contributed by atoms with E-state index in [0.29, 0.717) is 31.9 Å². The van der Waals surface area contributed by atoms with E-state index in [9.17, 15) is 19.8 Å². The van der Waals surface area contributed by atoms with Crippen LogP contribution in [0.25, 0.3) is 16.8 Å². The van der Waals surface area contributed by atoms with Crippen molar-refractivity contribution in [3.8, 4) is 11.3 Å². The maximum atomic E-state index is 12.6. The van der Waals surface area contributed by atoms with Crippen LogP contribution in [-0.4, -0.2) is 27.1 Å². The first-order valence-corrected chi connectivity index (χ1v) is 11.5. The van der Waals surface area contributed by atoms with Crippen molar-refractivity contribution in [1.29, 1.82) is 0 Å². The molecule has 2 atom stereocenters. The number of aliphatic carboxylic acids is 2. The van der Waals surface area contributed by atoms with Gasteiger partial charge < -0.3 is 10.2 Å². The first-order chi connectivity index (χ1) is 15.2. The highest BCUT2D eigenvalue weighted by Gasteiger charge is 2.54. The molecule has 1 aromatic heterocycles. The van der Waals surface area contributed by atoms with Gasteiger partial charge in [0.15, 0.2) is 0 Å². The molecule has 2 N–H and O–H groups in total. The van der Waals surface area contributed by atoms with Gasteiger partial charge in [-0.15, -0.1) is 11.3 Å². The van der Waals surface area contributed by atoms with Crippen molar-refractivity contribution in [2.75, 3.05) is 0 Å². The minimum atomic E-state index is -1.45.